The SMILES string of the molecule is CC/C=C\CCCCCCC(N)CC. The fourth-order valence-corrected chi connectivity index (χ4v) is 1.51. The Labute approximate surface area is 89.8 Å². The molecule has 0 amide bonds. The van der Waals surface area contributed by atoms with Crippen molar-refractivity contribution in [3.05, 3.63) is 12.2 Å². The standard InChI is InChI=1S/C13H27N/c1-3-5-6-7-8-9-10-11-12-13(14)4-2/h5-6,13H,3-4,7-12,14H2,1-2H3/b6-5-. The van der Waals surface area contributed by atoms with E-state index in [9.17, 15) is 0 Å². The first-order valence-corrected chi connectivity index (χ1v) is 6.21. The Hall–Kier alpha value is -0.300. The largest absolute Gasteiger partial charge is 0.328 e. The fourth-order valence-electron chi connectivity index (χ4n) is 1.51. The maximum Gasteiger partial charge on any atom is 0.00362 e. The molecule has 0 rings (SSSR count). The van der Waals surface area contributed by atoms with Gasteiger partial charge in [0.25, 0.3) is 0 Å². The highest BCUT2D eigenvalue weighted by Crippen LogP contribution is 2.08. The molecular formula is C13H27N. The molecule has 0 aliphatic heterocycles. The number of nitrogens with two attached hydrogens (primary N) is 1. The Balaban J connectivity index is 3.02. The van der Waals surface area contributed by atoms with Crippen LogP contribution in [-0.4, -0.2) is 6.04 Å². The monoisotopic (exact) mass is 197 g/mol. The maximum absolute atomic E-state index is 5.84. The first kappa shape index (κ1) is 13.7. The summed E-state index contributed by atoms with van der Waals surface area (Å²) in [6.07, 6.45) is 14.7. The molecule has 0 radical (unpaired) electrons. The quantitative estimate of drug-likeness (QED) is 0.438. The molecule has 0 fully saturated rings. The van der Waals surface area contributed by atoms with Gasteiger partial charge in [-0.2, -0.15) is 0 Å². The molecule has 0 aromatic carbocycles. The van der Waals surface area contributed by atoms with Crippen LogP contribution in [0.5, 0.6) is 0 Å². The van der Waals surface area contributed by atoms with E-state index in [4.69, 9.17) is 5.73 Å². The minimum atomic E-state index is 0.440. The lowest BCUT2D eigenvalue weighted by Crippen LogP contribution is -2.17. The maximum atomic E-state index is 5.84. The van der Waals surface area contributed by atoms with Crippen LogP contribution in [0.2, 0.25) is 0 Å². The number of allylic oxidation sites excluding steroid dienone is 2. The fraction of sp³-hybridized carbons (Fsp3) is 0.846. The summed E-state index contributed by atoms with van der Waals surface area (Å²) < 4.78 is 0. The van der Waals surface area contributed by atoms with Crippen LogP contribution in [0.3, 0.4) is 0 Å². The molecule has 0 aliphatic rings. The van der Waals surface area contributed by atoms with Crippen LogP contribution in [0.25, 0.3) is 0 Å². The molecule has 1 heteroatoms. The molecule has 0 aliphatic carbocycles. The molecule has 2 N–H and O–H groups in total. The van der Waals surface area contributed by atoms with E-state index in [1.54, 1.807) is 0 Å². The minimum absolute atomic E-state index is 0.440. The van der Waals surface area contributed by atoms with Crippen molar-refractivity contribution in [1.29, 1.82) is 0 Å². The van der Waals surface area contributed by atoms with Crippen molar-refractivity contribution in [1.82, 2.24) is 0 Å². The van der Waals surface area contributed by atoms with Gasteiger partial charge in [0.15, 0.2) is 0 Å². The van der Waals surface area contributed by atoms with Crippen molar-refractivity contribution >= 4 is 0 Å². The molecule has 0 spiro atoms. The predicted octanol–water partition coefficient (Wildman–Crippen LogP) is 4.03. The molecule has 0 bridgehead atoms. The Morgan fingerprint density at radius 1 is 1.00 bits per heavy atom. The van der Waals surface area contributed by atoms with Crippen molar-refractivity contribution in [3.63, 3.8) is 0 Å². The van der Waals surface area contributed by atoms with Gasteiger partial charge in [-0.1, -0.05) is 45.3 Å². The zero-order valence-corrected chi connectivity index (χ0v) is 9.97. The summed E-state index contributed by atoms with van der Waals surface area (Å²) in [7, 11) is 0. The summed E-state index contributed by atoms with van der Waals surface area (Å²) >= 11 is 0. The van der Waals surface area contributed by atoms with Gasteiger partial charge in [-0.15, -0.1) is 0 Å². The highest BCUT2D eigenvalue weighted by atomic mass is 14.6. The third-order valence-corrected chi connectivity index (χ3v) is 2.62. The summed E-state index contributed by atoms with van der Waals surface area (Å²) in [6.45, 7) is 4.35. The van der Waals surface area contributed by atoms with Gasteiger partial charge in [-0.05, 0) is 32.1 Å². The van der Waals surface area contributed by atoms with Gasteiger partial charge < -0.3 is 5.73 Å². The highest BCUT2D eigenvalue weighted by Gasteiger charge is 1.97. The van der Waals surface area contributed by atoms with Gasteiger partial charge >= 0.3 is 0 Å². The second-order valence-electron chi connectivity index (χ2n) is 4.04. The van der Waals surface area contributed by atoms with Crippen molar-refractivity contribution in [2.24, 2.45) is 5.73 Å². The smallest absolute Gasteiger partial charge is 0.00362 e. The second-order valence-corrected chi connectivity index (χ2v) is 4.04. The first-order valence-electron chi connectivity index (χ1n) is 6.21. The molecular weight excluding hydrogens is 170 g/mol. The van der Waals surface area contributed by atoms with Gasteiger partial charge in [-0.3, -0.25) is 0 Å². The van der Waals surface area contributed by atoms with Gasteiger partial charge in [0.05, 0.1) is 0 Å². The molecule has 1 unspecified atom stereocenters. The van der Waals surface area contributed by atoms with Crippen LogP contribution in [0.15, 0.2) is 12.2 Å². The average molecular weight is 197 g/mol. The average Bonchev–Trinajstić information content (AvgIpc) is 2.21. The molecule has 14 heavy (non-hydrogen) atoms. The lowest BCUT2D eigenvalue weighted by Gasteiger charge is -2.07. The second kappa shape index (κ2) is 10.8. The van der Waals surface area contributed by atoms with E-state index in [1.165, 1.54) is 44.9 Å². The molecule has 84 valence electrons. The molecule has 1 nitrogen and oxygen atoms in total. The third kappa shape index (κ3) is 9.79. The Morgan fingerprint density at radius 2 is 1.71 bits per heavy atom. The van der Waals surface area contributed by atoms with Crippen molar-refractivity contribution < 1.29 is 0 Å². The zero-order valence-electron chi connectivity index (χ0n) is 9.97. The molecule has 0 aromatic heterocycles. The van der Waals surface area contributed by atoms with Crippen LogP contribution in [0.1, 0.15) is 65.2 Å². The topological polar surface area (TPSA) is 26.0 Å². The normalized spacial score (nSPS) is 13.6. The zero-order chi connectivity index (χ0) is 10.6. The third-order valence-electron chi connectivity index (χ3n) is 2.62. The number of unbranched alkanes of at least 4 members (excludes halogenated alkanes) is 4. The predicted molar refractivity (Wildman–Crippen MR) is 65.4 cm³/mol. The molecule has 0 saturated carbocycles. The Morgan fingerprint density at radius 3 is 2.36 bits per heavy atom. The van der Waals surface area contributed by atoms with E-state index in [2.05, 4.69) is 26.0 Å². The summed E-state index contributed by atoms with van der Waals surface area (Å²) in [5.41, 5.74) is 5.84. The van der Waals surface area contributed by atoms with Gasteiger partial charge in [0, 0.05) is 6.04 Å². The Bertz CT molecular complexity index is 129. The van der Waals surface area contributed by atoms with Crippen molar-refractivity contribution in [2.75, 3.05) is 0 Å². The van der Waals surface area contributed by atoms with Crippen molar-refractivity contribution in [3.8, 4) is 0 Å². The van der Waals surface area contributed by atoms with E-state index in [0.29, 0.717) is 6.04 Å². The molecule has 1 atom stereocenters. The van der Waals surface area contributed by atoms with Gasteiger partial charge in [0.2, 0.25) is 0 Å². The summed E-state index contributed by atoms with van der Waals surface area (Å²) in [6, 6.07) is 0.440. The van der Waals surface area contributed by atoms with Crippen LogP contribution in [0, 0.1) is 0 Å². The molecule has 0 saturated heterocycles. The number of hydrogen-bond donors (Lipinski definition) is 1. The summed E-state index contributed by atoms with van der Waals surface area (Å²) in [5.74, 6) is 0. The molecule has 0 aromatic rings. The van der Waals surface area contributed by atoms with E-state index in [0.717, 1.165) is 6.42 Å². The Kier molecular flexibility index (Phi) is 10.5. The van der Waals surface area contributed by atoms with E-state index >= 15 is 0 Å². The summed E-state index contributed by atoms with van der Waals surface area (Å²) in [5, 5.41) is 0. The van der Waals surface area contributed by atoms with Crippen LogP contribution < -0.4 is 5.73 Å². The van der Waals surface area contributed by atoms with E-state index in [-0.39, 0.29) is 0 Å². The number of hydrogen-bond acceptors (Lipinski definition) is 1. The number of rotatable bonds is 9. The van der Waals surface area contributed by atoms with Crippen molar-refractivity contribution in [2.45, 2.75) is 71.3 Å². The van der Waals surface area contributed by atoms with Gasteiger partial charge in [0.1, 0.15) is 0 Å². The van der Waals surface area contributed by atoms with Gasteiger partial charge in [-0.25, -0.2) is 0 Å². The van der Waals surface area contributed by atoms with Crippen LogP contribution >= 0.6 is 0 Å². The van der Waals surface area contributed by atoms with E-state index in [1.807, 2.05) is 0 Å². The van der Waals surface area contributed by atoms with Crippen LogP contribution in [-0.2, 0) is 0 Å². The summed E-state index contributed by atoms with van der Waals surface area (Å²) in [4.78, 5) is 0. The van der Waals surface area contributed by atoms with E-state index < -0.39 is 0 Å². The lowest BCUT2D eigenvalue weighted by molar-refractivity contribution is 0.533. The minimum Gasteiger partial charge on any atom is -0.328 e. The lowest BCUT2D eigenvalue weighted by atomic mass is 10.1. The first-order chi connectivity index (χ1) is 6.81. The molecule has 0 heterocycles. The van der Waals surface area contributed by atoms with Crippen LogP contribution in [0.4, 0.5) is 0 Å². The highest BCUT2D eigenvalue weighted by molar-refractivity contribution is 4.79.